The molecule has 4 heteroatoms. The largest absolute Gasteiger partial charge is 0.462 e. The number of carbonyl (C=O) groups excluding carboxylic acids is 1. The van der Waals surface area contributed by atoms with Gasteiger partial charge in [0, 0.05) is 6.42 Å². The number of aromatic nitrogens is 1. The molecule has 0 atom stereocenters. The number of hydrogen-bond acceptors (Lipinski definition) is 4. The lowest BCUT2D eigenvalue weighted by atomic mass is 10.2. The zero-order valence-electron chi connectivity index (χ0n) is 8.09. The first-order valence-electron chi connectivity index (χ1n) is 4.32. The summed E-state index contributed by atoms with van der Waals surface area (Å²) in [4.78, 5) is 11.4. The van der Waals surface area contributed by atoms with Crippen molar-refractivity contribution in [1.29, 1.82) is 0 Å². The van der Waals surface area contributed by atoms with Crippen molar-refractivity contribution in [3.8, 4) is 0 Å². The van der Waals surface area contributed by atoms with Crippen molar-refractivity contribution in [2.24, 2.45) is 0 Å². The first kappa shape index (κ1) is 9.77. The number of carbonyl (C=O) groups is 1. The molecule has 0 amide bonds. The van der Waals surface area contributed by atoms with E-state index in [1.54, 1.807) is 13.8 Å². The van der Waals surface area contributed by atoms with E-state index in [0.717, 1.165) is 0 Å². The Balaban J connectivity index is 2.96. The minimum atomic E-state index is -0.349. The third kappa shape index (κ3) is 1.88. The second kappa shape index (κ2) is 4.07. The van der Waals surface area contributed by atoms with E-state index in [-0.39, 0.29) is 5.97 Å². The van der Waals surface area contributed by atoms with E-state index in [9.17, 15) is 4.79 Å². The Kier molecular flexibility index (Phi) is 3.06. The molecule has 1 rings (SSSR count). The fourth-order valence-electron chi connectivity index (χ4n) is 1.12. The molecule has 0 unspecified atom stereocenters. The Hall–Kier alpha value is -1.32. The van der Waals surface area contributed by atoms with Crippen LogP contribution in [0.5, 0.6) is 0 Å². The fourth-order valence-corrected chi connectivity index (χ4v) is 1.12. The fraction of sp³-hybridized carbons (Fsp3) is 0.556. The van der Waals surface area contributed by atoms with E-state index < -0.39 is 0 Å². The van der Waals surface area contributed by atoms with Crippen molar-refractivity contribution < 1.29 is 14.1 Å². The predicted octanol–water partition coefficient (Wildman–Crippen LogP) is 1.72. The third-order valence-electron chi connectivity index (χ3n) is 1.73. The van der Waals surface area contributed by atoms with Crippen molar-refractivity contribution in [2.75, 3.05) is 6.61 Å². The molecule has 0 radical (unpaired) electrons. The molecule has 0 saturated carbocycles. The summed E-state index contributed by atoms with van der Waals surface area (Å²) in [6, 6.07) is 0. The molecule has 0 aromatic carbocycles. The summed E-state index contributed by atoms with van der Waals surface area (Å²) in [5.74, 6) is 0.244. The highest BCUT2D eigenvalue weighted by atomic mass is 16.5. The molecule has 0 N–H and O–H groups in total. The van der Waals surface area contributed by atoms with Crippen LogP contribution in [-0.4, -0.2) is 17.7 Å². The van der Waals surface area contributed by atoms with Gasteiger partial charge in [0.2, 0.25) is 0 Å². The number of rotatable bonds is 3. The summed E-state index contributed by atoms with van der Waals surface area (Å²) in [7, 11) is 0. The Bertz CT molecular complexity index is 304. The molecule has 0 saturated heterocycles. The topological polar surface area (TPSA) is 52.3 Å². The third-order valence-corrected chi connectivity index (χ3v) is 1.73. The maximum absolute atomic E-state index is 11.4. The number of ether oxygens (including phenoxy) is 1. The summed E-state index contributed by atoms with van der Waals surface area (Å²) < 4.78 is 9.83. The summed E-state index contributed by atoms with van der Waals surface area (Å²) in [6.07, 6.45) is 0.648. The molecule has 0 fully saturated rings. The van der Waals surface area contributed by atoms with Crippen LogP contribution in [0.4, 0.5) is 0 Å². The van der Waals surface area contributed by atoms with Crippen LogP contribution >= 0.6 is 0 Å². The normalized spacial score (nSPS) is 10.1. The maximum atomic E-state index is 11.4. The summed E-state index contributed by atoms with van der Waals surface area (Å²) >= 11 is 0. The van der Waals surface area contributed by atoms with E-state index >= 15 is 0 Å². The van der Waals surface area contributed by atoms with Gasteiger partial charge in [0.25, 0.3) is 0 Å². The van der Waals surface area contributed by atoms with Gasteiger partial charge < -0.3 is 9.26 Å². The number of hydrogen-bond donors (Lipinski definition) is 0. The first-order chi connectivity index (χ1) is 6.20. The van der Waals surface area contributed by atoms with Gasteiger partial charge in [-0.1, -0.05) is 12.1 Å². The highest BCUT2D eigenvalue weighted by Gasteiger charge is 2.19. The van der Waals surface area contributed by atoms with Crippen LogP contribution in [0.1, 0.15) is 35.7 Å². The molecule has 1 heterocycles. The van der Waals surface area contributed by atoms with E-state index in [4.69, 9.17) is 9.26 Å². The standard InChI is InChI=1S/C9H13NO3/c1-4-7-8(6(3)10-13-7)9(11)12-5-2/h4-5H2,1-3H3. The van der Waals surface area contributed by atoms with Crippen LogP contribution < -0.4 is 0 Å². The van der Waals surface area contributed by atoms with Crippen molar-refractivity contribution in [3.05, 3.63) is 17.0 Å². The molecule has 0 aliphatic rings. The van der Waals surface area contributed by atoms with Crippen LogP contribution in [0, 0.1) is 6.92 Å². The van der Waals surface area contributed by atoms with E-state index in [1.807, 2.05) is 6.92 Å². The molecule has 1 aromatic heterocycles. The van der Waals surface area contributed by atoms with Crippen molar-refractivity contribution >= 4 is 5.97 Å². The van der Waals surface area contributed by atoms with Gasteiger partial charge in [-0.05, 0) is 13.8 Å². The first-order valence-corrected chi connectivity index (χ1v) is 4.32. The van der Waals surface area contributed by atoms with Crippen molar-refractivity contribution in [1.82, 2.24) is 5.16 Å². The van der Waals surface area contributed by atoms with Gasteiger partial charge in [0.15, 0.2) is 5.76 Å². The van der Waals surface area contributed by atoms with Gasteiger partial charge in [-0.3, -0.25) is 0 Å². The van der Waals surface area contributed by atoms with Gasteiger partial charge >= 0.3 is 5.97 Å². The Morgan fingerprint density at radius 1 is 1.54 bits per heavy atom. The molecule has 13 heavy (non-hydrogen) atoms. The quantitative estimate of drug-likeness (QED) is 0.669. The van der Waals surface area contributed by atoms with Gasteiger partial charge in [-0.15, -0.1) is 0 Å². The maximum Gasteiger partial charge on any atom is 0.343 e. The molecule has 1 aromatic rings. The van der Waals surface area contributed by atoms with Crippen molar-refractivity contribution in [2.45, 2.75) is 27.2 Å². The average Bonchev–Trinajstić information content (AvgIpc) is 2.47. The minimum absolute atomic E-state index is 0.349. The number of nitrogens with zero attached hydrogens (tertiary/aromatic N) is 1. The van der Waals surface area contributed by atoms with Gasteiger partial charge in [-0.2, -0.15) is 0 Å². The van der Waals surface area contributed by atoms with Crippen molar-refractivity contribution in [3.63, 3.8) is 0 Å². The van der Waals surface area contributed by atoms with Gasteiger partial charge in [0.05, 0.1) is 12.3 Å². The summed E-state index contributed by atoms with van der Waals surface area (Å²) in [5.41, 5.74) is 1.07. The molecule has 0 aliphatic heterocycles. The predicted molar refractivity (Wildman–Crippen MR) is 46.6 cm³/mol. The molecule has 0 aliphatic carbocycles. The second-order valence-corrected chi connectivity index (χ2v) is 2.64. The Morgan fingerprint density at radius 2 is 2.23 bits per heavy atom. The van der Waals surface area contributed by atoms with Crippen LogP contribution in [0.2, 0.25) is 0 Å². The number of esters is 1. The highest BCUT2D eigenvalue weighted by Crippen LogP contribution is 2.15. The molecule has 72 valence electrons. The van der Waals surface area contributed by atoms with Crippen LogP contribution in [0.25, 0.3) is 0 Å². The molecule has 0 bridgehead atoms. The lowest BCUT2D eigenvalue weighted by Gasteiger charge is -1.99. The van der Waals surface area contributed by atoms with Gasteiger partial charge in [-0.25, -0.2) is 4.79 Å². The average molecular weight is 183 g/mol. The van der Waals surface area contributed by atoms with Crippen LogP contribution in [0.15, 0.2) is 4.52 Å². The lowest BCUT2D eigenvalue weighted by molar-refractivity contribution is 0.0523. The highest BCUT2D eigenvalue weighted by molar-refractivity contribution is 5.91. The van der Waals surface area contributed by atoms with Crippen LogP contribution in [-0.2, 0) is 11.2 Å². The van der Waals surface area contributed by atoms with Crippen LogP contribution in [0.3, 0.4) is 0 Å². The Labute approximate surface area is 76.9 Å². The monoisotopic (exact) mass is 183 g/mol. The van der Waals surface area contributed by atoms with E-state index in [0.29, 0.717) is 30.0 Å². The van der Waals surface area contributed by atoms with E-state index in [2.05, 4.69) is 5.16 Å². The summed E-state index contributed by atoms with van der Waals surface area (Å²) in [5, 5.41) is 3.71. The smallest absolute Gasteiger partial charge is 0.343 e. The molecule has 0 spiro atoms. The molecular formula is C9H13NO3. The van der Waals surface area contributed by atoms with Gasteiger partial charge in [0.1, 0.15) is 5.56 Å². The molecule has 4 nitrogen and oxygen atoms in total. The SMILES string of the molecule is CCOC(=O)c1c(C)noc1CC. The van der Waals surface area contributed by atoms with E-state index in [1.165, 1.54) is 0 Å². The molecular weight excluding hydrogens is 170 g/mol. The minimum Gasteiger partial charge on any atom is -0.462 e. The summed E-state index contributed by atoms with van der Waals surface area (Å²) in [6.45, 7) is 5.77. The zero-order valence-corrected chi connectivity index (χ0v) is 8.09. The zero-order chi connectivity index (χ0) is 9.84. The lowest BCUT2D eigenvalue weighted by Crippen LogP contribution is -2.07. The second-order valence-electron chi connectivity index (χ2n) is 2.64. The Morgan fingerprint density at radius 3 is 2.77 bits per heavy atom. The number of aryl methyl sites for hydroxylation is 2.